The maximum Gasteiger partial charge on any atom is 0.422 e. The molecule has 1 aromatic heterocycles. The molecular formula is C31H35F3N8O8. The molecule has 0 radical (unpaired) electrons. The molecule has 3 aromatic rings. The highest BCUT2D eigenvalue weighted by Gasteiger charge is 2.29. The third-order valence-electron chi connectivity index (χ3n) is 6.90. The Morgan fingerprint density at radius 2 is 1.64 bits per heavy atom. The normalized spacial score (nSPS) is 14.2. The summed E-state index contributed by atoms with van der Waals surface area (Å²) in [5.74, 6) is -4.02. The molecule has 1 atom stereocenters. The Kier molecular flexibility index (Phi) is 12.9. The zero-order valence-corrected chi connectivity index (χ0v) is 26.8. The summed E-state index contributed by atoms with van der Waals surface area (Å²) in [6, 6.07) is 9.16. The average molecular weight is 705 g/mol. The fraction of sp³-hybridized carbons (Fsp3) is 0.387. The molecule has 2 aliphatic rings. The molecule has 6 N–H and O–H groups in total. The monoisotopic (exact) mass is 704 g/mol. The number of hydrogen-bond donors (Lipinski definition) is 6. The second-order valence-corrected chi connectivity index (χ2v) is 10.8. The van der Waals surface area contributed by atoms with Gasteiger partial charge in [-0.05, 0) is 55.5 Å². The highest BCUT2D eigenvalue weighted by Crippen LogP contribution is 2.27. The molecule has 268 valence electrons. The largest absolute Gasteiger partial charge is 0.494 e. The standard InChI is InChI=1S/C31H35F3N8O8/c1-35-25(44)26(45)36-16-22(27(46)47)39-24(43)21-11-8-19-14-23(21)49-13-5-3-2-4-12-48-20-9-6-18(7-10-20)15-37-28-40-29(38-19)42-30(41-28)50-17-31(32,33)34/h6-11,14,22H,2-5,12-13,15-17H2,1H3,(H,35,44)(H,36,45)(H,39,43)(H,46,47)(H2,37,38,40,41,42)/t22-/m0/s1. The van der Waals surface area contributed by atoms with Gasteiger partial charge in [0.25, 0.3) is 5.91 Å². The number of halogens is 3. The number of anilines is 3. The molecule has 19 heteroatoms. The zero-order chi connectivity index (χ0) is 36.1. The van der Waals surface area contributed by atoms with Crippen molar-refractivity contribution >= 4 is 41.3 Å². The van der Waals surface area contributed by atoms with Crippen LogP contribution in [0.4, 0.5) is 30.8 Å². The lowest BCUT2D eigenvalue weighted by atomic mass is 10.1. The topological polar surface area (TPSA) is 215 Å². The summed E-state index contributed by atoms with van der Waals surface area (Å²) < 4.78 is 55.3. The van der Waals surface area contributed by atoms with E-state index in [1.807, 2.05) is 12.1 Å². The van der Waals surface area contributed by atoms with Gasteiger partial charge >= 0.3 is 30.0 Å². The number of likely N-dealkylation sites (N-methyl/N-ethyl adjacent to an activating group) is 1. The smallest absolute Gasteiger partial charge is 0.422 e. The van der Waals surface area contributed by atoms with Gasteiger partial charge in [0.1, 0.15) is 17.5 Å². The number of aromatic nitrogens is 3. The summed E-state index contributed by atoms with van der Waals surface area (Å²) in [4.78, 5) is 60.5. The molecule has 0 aliphatic carbocycles. The molecule has 6 bridgehead atoms. The first-order chi connectivity index (χ1) is 23.9. The third kappa shape index (κ3) is 11.7. The van der Waals surface area contributed by atoms with Gasteiger partial charge in [0, 0.05) is 31.9 Å². The van der Waals surface area contributed by atoms with Gasteiger partial charge in [0.05, 0.1) is 18.8 Å². The molecule has 0 saturated heterocycles. The van der Waals surface area contributed by atoms with Crippen LogP contribution in [0.15, 0.2) is 42.5 Å². The van der Waals surface area contributed by atoms with E-state index in [-0.39, 0.29) is 42.0 Å². The molecule has 0 fully saturated rings. The molecule has 2 aliphatic heterocycles. The van der Waals surface area contributed by atoms with Gasteiger partial charge in [-0.1, -0.05) is 12.1 Å². The van der Waals surface area contributed by atoms with E-state index < -0.39 is 55.1 Å². The summed E-state index contributed by atoms with van der Waals surface area (Å²) in [5.41, 5.74) is 0.996. The Bertz CT molecular complexity index is 1660. The van der Waals surface area contributed by atoms with Crippen LogP contribution in [0.3, 0.4) is 0 Å². The number of amides is 3. The maximum atomic E-state index is 13.3. The Morgan fingerprint density at radius 3 is 2.32 bits per heavy atom. The van der Waals surface area contributed by atoms with Crippen LogP contribution in [-0.4, -0.2) is 89.4 Å². The van der Waals surface area contributed by atoms with E-state index in [1.165, 1.54) is 25.2 Å². The summed E-state index contributed by atoms with van der Waals surface area (Å²) in [7, 11) is 1.22. The number of fused-ring (bicyclic) bond motifs is 10. The first-order valence-corrected chi connectivity index (χ1v) is 15.4. The van der Waals surface area contributed by atoms with Crippen molar-refractivity contribution in [2.24, 2.45) is 0 Å². The highest BCUT2D eigenvalue weighted by molar-refractivity contribution is 6.35. The number of nitrogens with zero attached hydrogens (tertiary/aromatic N) is 3. The number of alkyl halides is 3. The maximum absolute atomic E-state index is 13.3. The lowest BCUT2D eigenvalue weighted by Gasteiger charge is -2.18. The number of nitrogens with one attached hydrogen (secondary N) is 5. The minimum atomic E-state index is -4.66. The fourth-order valence-corrected chi connectivity index (χ4v) is 4.38. The Hall–Kier alpha value is -5.88. The van der Waals surface area contributed by atoms with Crippen LogP contribution in [0.1, 0.15) is 41.6 Å². The number of rotatable bonds is 7. The van der Waals surface area contributed by atoms with Crippen LogP contribution in [0.2, 0.25) is 0 Å². The molecule has 0 spiro atoms. The summed E-state index contributed by atoms with van der Waals surface area (Å²) in [6.07, 6.45) is -1.67. The summed E-state index contributed by atoms with van der Waals surface area (Å²) in [5, 5.41) is 22.0. The van der Waals surface area contributed by atoms with Crippen molar-refractivity contribution in [3.8, 4) is 17.5 Å². The van der Waals surface area contributed by atoms with E-state index in [0.717, 1.165) is 24.8 Å². The number of aliphatic carboxylic acids is 1. The molecular weight excluding hydrogens is 669 g/mol. The highest BCUT2D eigenvalue weighted by atomic mass is 19.4. The first-order valence-electron chi connectivity index (χ1n) is 15.4. The van der Waals surface area contributed by atoms with Crippen molar-refractivity contribution < 1.29 is 51.7 Å². The summed E-state index contributed by atoms with van der Waals surface area (Å²) >= 11 is 0. The van der Waals surface area contributed by atoms with Gasteiger partial charge in [-0.25, -0.2) is 4.79 Å². The number of carboxylic acid groups (broad SMARTS) is 1. The van der Waals surface area contributed by atoms with Crippen molar-refractivity contribution in [1.82, 2.24) is 30.9 Å². The van der Waals surface area contributed by atoms with Gasteiger partial charge in [0.15, 0.2) is 6.61 Å². The number of ether oxygens (including phenoxy) is 3. The van der Waals surface area contributed by atoms with Crippen LogP contribution in [-0.2, 0) is 20.9 Å². The van der Waals surface area contributed by atoms with E-state index in [9.17, 15) is 37.5 Å². The SMILES string of the molecule is CNC(=O)C(=O)NC[C@H](NC(=O)c1ccc2cc1OCCCCCCOc1ccc(cc1)CNc1nc(nc(OCC(F)(F)F)n1)N2)C(=O)O. The molecule has 0 saturated carbocycles. The molecule has 0 unspecified atom stereocenters. The zero-order valence-electron chi connectivity index (χ0n) is 26.8. The number of carbonyl (C=O) groups excluding carboxylic acids is 3. The molecule has 2 aromatic carbocycles. The Morgan fingerprint density at radius 1 is 0.940 bits per heavy atom. The van der Waals surface area contributed by atoms with E-state index in [2.05, 4.69) is 41.5 Å². The molecule has 50 heavy (non-hydrogen) atoms. The van der Waals surface area contributed by atoms with Crippen molar-refractivity contribution in [1.29, 1.82) is 0 Å². The third-order valence-corrected chi connectivity index (χ3v) is 6.90. The van der Waals surface area contributed by atoms with Gasteiger partial charge in [-0.3, -0.25) is 14.4 Å². The van der Waals surface area contributed by atoms with E-state index >= 15 is 0 Å². The van der Waals surface area contributed by atoms with Gasteiger partial charge in [-0.15, -0.1) is 0 Å². The lowest BCUT2D eigenvalue weighted by Crippen LogP contribution is -2.50. The van der Waals surface area contributed by atoms with Crippen molar-refractivity contribution in [3.05, 3.63) is 53.6 Å². The molecule has 3 heterocycles. The second-order valence-electron chi connectivity index (χ2n) is 10.8. The van der Waals surface area contributed by atoms with Crippen LogP contribution in [0.5, 0.6) is 17.5 Å². The van der Waals surface area contributed by atoms with Crippen LogP contribution < -0.4 is 40.8 Å². The van der Waals surface area contributed by atoms with Gasteiger partial charge in [0.2, 0.25) is 11.9 Å². The quantitative estimate of drug-likeness (QED) is 0.195. The molecule has 16 nitrogen and oxygen atoms in total. The molecule has 5 rings (SSSR count). The van der Waals surface area contributed by atoms with Crippen molar-refractivity contribution in [3.63, 3.8) is 0 Å². The number of hydrogen-bond acceptors (Lipinski definition) is 12. The number of carboxylic acids is 1. The number of carbonyl (C=O) groups is 4. The predicted octanol–water partition coefficient (Wildman–Crippen LogP) is 2.55. The lowest BCUT2D eigenvalue weighted by molar-refractivity contribution is -0.154. The number of benzene rings is 2. The van der Waals surface area contributed by atoms with E-state index in [0.29, 0.717) is 18.8 Å². The Labute approximate surface area is 283 Å². The van der Waals surface area contributed by atoms with Crippen LogP contribution in [0.25, 0.3) is 0 Å². The second kappa shape index (κ2) is 17.5. The fourth-order valence-electron chi connectivity index (χ4n) is 4.38. The minimum Gasteiger partial charge on any atom is -0.494 e. The molecule has 3 amide bonds. The van der Waals surface area contributed by atoms with Gasteiger partial charge < -0.3 is 45.9 Å². The van der Waals surface area contributed by atoms with Crippen molar-refractivity contribution in [2.45, 2.75) is 44.4 Å². The van der Waals surface area contributed by atoms with Crippen molar-refractivity contribution in [2.75, 3.05) is 44.0 Å². The minimum absolute atomic E-state index is 0.0303. The van der Waals surface area contributed by atoms with E-state index in [1.54, 1.807) is 12.1 Å². The average Bonchev–Trinajstić information content (AvgIpc) is 3.08. The van der Waals surface area contributed by atoms with Crippen LogP contribution in [0, 0.1) is 0 Å². The predicted molar refractivity (Wildman–Crippen MR) is 170 cm³/mol. The first kappa shape index (κ1) is 36.9. The van der Waals surface area contributed by atoms with E-state index in [4.69, 9.17) is 14.2 Å². The summed E-state index contributed by atoms with van der Waals surface area (Å²) in [6.45, 7) is -1.37. The Balaban J connectivity index is 1.61. The van der Waals surface area contributed by atoms with Crippen LogP contribution >= 0.6 is 0 Å². The van der Waals surface area contributed by atoms with Gasteiger partial charge in [-0.2, -0.15) is 28.1 Å².